The molecule has 0 fully saturated rings. The van der Waals surface area contributed by atoms with Gasteiger partial charge in [-0.05, 0) is 18.2 Å². The Bertz CT molecular complexity index is 563. The number of hydrogen-bond acceptors (Lipinski definition) is 4. The zero-order valence-corrected chi connectivity index (χ0v) is 8.43. The quantitative estimate of drug-likeness (QED) is 0.484. The van der Waals surface area contributed by atoms with Crippen LogP contribution in [-0.2, 0) is 10.1 Å². The average Bonchev–Trinajstić information content (AvgIpc) is 2.15. The van der Waals surface area contributed by atoms with Gasteiger partial charge in [0.15, 0.2) is 17.4 Å². The van der Waals surface area contributed by atoms with Gasteiger partial charge in [0.05, 0.1) is 16.0 Å². The predicted molar refractivity (Wildman–Crippen MR) is 60.1 cm³/mol. The lowest BCUT2D eigenvalue weighted by Crippen LogP contribution is -2.10. The summed E-state index contributed by atoms with van der Waals surface area (Å²) in [6.45, 7) is 0. The van der Waals surface area contributed by atoms with Crippen molar-refractivity contribution in [2.75, 3.05) is 0 Å². The van der Waals surface area contributed by atoms with Gasteiger partial charge in [0.2, 0.25) is 0 Å². The highest BCUT2D eigenvalue weighted by Crippen LogP contribution is 2.16. The topological polar surface area (TPSA) is 129 Å². The second kappa shape index (κ2) is 5.29. The summed E-state index contributed by atoms with van der Waals surface area (Å²) in [5.74, 6) is -3.10. The van der Waals surface area contributed by atoms with E-state index in [2.05, 4.69) is 0 Å². The molecule has 1 rings (SSSR count). The molecule has 0 unspecified atom stereocenters. The molecule has 1 aromatic carbocycles. The molecule has 0 aromatic heterocycles. The van der Waals surface area contributed by atoms with Crippen LogP contribution in [0.3, 0.4) is 0 Å². The number of benzene rings is 1. The van der Waals surface area contributed by atoms with E-state index in [1.807, 2.05) is 0 Å². The second-order valence-electron chi connectivity index (χ2n) is 2.79. The van der Waals surface area contributed by atoms with Crippen LogP contribution in [0.15, 0.2) is 23.1 Å². The third-order valence-corrected chi connectivity index (χ3v) is 2.60. The summed E-state index contributed by atoms with van der Waals surface area (Å²) < 4.78 is 30.1. The van der Waals surface area contributed by atoms with Crippen molar-refractivity contribution in [1.29, 1.82) is 0 Å². The molecule has 0 aliphatic carbocycles. The van der Waals surface area contributed by atoms with Gasteiger partial charge in [-0.15, -0.1) is 0 Å². The fraction of sp³-hybridized carbons (Fsp3) is 0. The Morgan fingerprint density at radius 3 is 1.82 bits per heavy atom. The molecule has 9 heteroatoms. The van der Waals surface area contributed by atoms with Crippen molar-refractivity contribution in [3.63, 3.8) is 0 Å². The van der Waals surface area contributed by atoms with Gasteiger partial charge < -0.3 is 10.2 Å². The van der Waals surface area contributed by atoms with Crippen LogP contribution in [0.1, 0.15) is 20.7 Å². The van der Waals surface area contributed by atoms with Crippen molar-refractivity contribution >= 4 is 39.4 Å². The number of carboxylic acid groups (broad SMARTS) is 2. The van der Waals surface area contributed by atoms with E-state index in [1.54, 1.807) is 0 Å². The fourth-order valence-electron chi connectivity index (χ4n) is 1.05. The van der Waals surface area contributed by atoms with Crippen LogP contribution in [0.4, 0.5) is 0 Å². The fourth-order valence-corrected chi connectivity index (χ4v) is 1.55. The molecule has 1 aromatic rings. The molecule has 0 aliphatic heterocycles. The number of hydrogen-bond donors (Lipinski definition) is 3. The zero-order chi connectivity index (χ0) is 12.5. The first-order valence-corrected chi connectivity index (χ1v) is 5.25. The Morgan fingerprint density at radius 1 is 1.00 bits per heavy atom. The number of carboxylic acids is 2. The van der Waals surface area contributed by atoms with Crippen molar-refractivity contribution in [2.24, 2.45) is 0 Å². The van der Waals surface area contributed by atoms with E-state index in [9.17, 15) is 18.0 Å². The molecule has 0 bridgehead atoms. The monoisotopic (exact) mass is 276 g/mol. The highest BCUT2D eigenvalue weighted by atomic mass is 32.2. The van der Waals surface area contributed by atoms with E-state index in [4.69, 9.17) is 14.8 Å². The summed E-state index contributed by atoms with van der Waals surface area (Å²) in [5.41, 5.74) is -1.26. The van der Waals surface area contributed by atoms with Crippen LogP contribution >= 0.6 is 0 Å². The summed E-state index contributed by atoms with van der Waals surface area (Å²) in [5, 5.41) is 17.3. The normalized spacial score (nSPS) is 10.4. The predicted octanol–water partition coefficient (Wildman–Crippen LogP) is -0.854. The van der Waals surface area contributed by atoms with Gasteiger partial charge in [-0.25, -0.2) is 9.59 Å². The number of rotatable bonds is 3. The second-order valence-corrected chi connectivity index (χ2v) is 4.21. The summed E-state index contributed by atoms with van der Waals surface area (Å²) >= 11 is 0. The molecule has 0 aliphatic rings. The SMILES string of the molecule is O=C(O)c1ccc(S(=O)(=O)O)cc1C(=O)O.[AlH3]. The van der Waals surface area contributed by atoms with Gasteiger partial charge in [0.25, 0.3) is 10.1 Å². The van der Waals surface area contributed by atoms with Gasteiger partial charge in [0.1, 0.15) is 0 Å². The first kappa shape index (κ1) is 15.6. The van der Waals surface area contributed by atoms with Crippen molar-refractivity contribution in [1.82, 2.24) is 0 Å². The van der Waals surface area contributed by atoms with Crippen LogP contribution in [0, 0.1) is 0 Å². The molecule has 0 saturated carbocycles. The first-order chi connectivity index (χ1) is 7.23. The third-order valence-electron chi connectivity index (χ3n) is 1.75. The molecule has 7 nitrogen and oxygen atoms in total. The summed E-state index contributed by atoms with van der Waals surface area (Å²) in [6.07, 6.45) is 0. The molecule has 0 saturated heterocycles. The van der Waals surface area contributed by atoms with E-state index >= 15 is 0 Å². The summed E-state index contributed by atoms with van der Waals surface area (Å²) in [6, 6.07) is 2.20. The maximum Gasteiger partial charge on any atom is 0.336 e. The Kier molecular flexibility index (Phi) is 4.85. The lowest BCUT2D eigenvalue weighted by atomic mass is 10.1. The van der Waals surface area contributed by atoms with Crippen LogP contribution in [0.25, 0.3) is 0 Å². The van der Waals surface area contributed by atoms with Crippen molar-refractivity contribution in [3.05, 3.63) is 29.3 Å². The molecule has 0 atom stereocenters. The molecule has 17 heavy (non-hydrogen) atoms. The lowest BCUT2D eigenvalue weighted by molar-refractivity contribution is 0.0651. The molecule has 3 N–H and O–H groups in total. The minimum Gasteiger partial charge on any atom is -0.478 e. The molecule has 0 amide bonds. The molecule has 0 heterocycles. The van der Waals surface area contributed by atoms with E-state index in [-0.39, 0.29) is 17.4 Å². The van der Waals surface area contributed by atoms with E-state index < -0.39 is 38.1 Å². The molecular formula is C8H9AlO7S. The van der Waals surface area contributed by atoms with Gasteiger partial charge in [-0.3, -0.25) is 4.55 Å². The largest absolute Gasteiger partial charge is 0.478 e. The molecular weight excluding hydrogens is 267 g/mol. The van der Waals surface area contributed by atoms with Crippen LogP contribution in [0.5, 0.6) is 0 Å². The minimum absolute atomic E-state index is 0. The van der Waals surface area contributed by atoms with Gasteiger partial charge in [-0.2, -0.15) is 8.42 Å². The van der Waals surface area contributed by atoms with E-state index in [0.717, 1.165) is 12.1 Å². The summed E-state index contributed by atoms with van der Waals surface area (Å²) in [7, 11) is -4.56. The summed E-state index contributed by atoms with van der Waals surface area (Å²) in [4.78, 5) is 20.6. The van der Waals surface area contributed by atoms with Crippen LogP contribution < -0.4 is 0 Å². The zero-order valence-electron chi connectivity index (χ0n) is 7.61. The molecule has 0 spiro atoms. The highest BCUT2D eigenvalue weighted by molar-refractivity contribution is 7.85. The highest BCUT2D eigenvalue weighted by Gasteiger charge is 2.19. The Labute approximate surface area is 107 Å². The Balaban J connectivity index is 0.00000256. The Morgan fingerprint density at radius 2 is 1.47 bits per heavy atom. The van der Waals surface area contributed by atoms with Crippen molar-refractivity contribution in [2.45, 2.75) is 4.90 Å². The molecule has 0 radical (unpaired) electrons. The standard InChI is InChI=1S/C8H6O7S.Al.3H/c9-7(10)5-2-1-4(16(13,14)15)3-6(5)8(11)12;;;;/h1-3H,(H,9,10)(H,11,12)(H,13,14,15);;;;. The first-order valence-electron chi connectivity index (χ1n) is 3.81. The third kappa shape index (κ3) is 3.54. The average molecular weight is 276 g/mol. The van der Waals surface area contributed by atoms with Gasteiger partial charge in [-0.1, -0.05) is 0 Å². The van der Waals surface area contributed by atoms with Crippen molar-refractivity contribution in [3.8, 4) is 0 Å². The van der Waals surface area contributed by atoms with Crippen molar-refractivity contribution < 1.29 is 32.8 Å². The lowest BCUT2D eigenvalue weighted by Gasteiger charge is -2.03. The van der Waals surface area contributed by atoms with Crippen LogP contribution in [0.2, 0.25) is 0 Å². The molecule has 92 valence electrons. The number of carbonyl (C=O) groups is 2. The van der Waals surface area contributed by atoms with Crippen LogP contribution in [-0.4, -0.2) is 52.5 Å². The minimum atomic E-state index is -4.56. The maximum absolute atomic E-state index is 10.7. The van der Waals surface area contributed by atoms with Gasteiger partial charge >= 0.3 is 11.9 Å². The van der Waals surface area contributed by atoms with E-state index in [0.29, 0.717) is 6.07 Å². The number of aromatic carboxylic acids is 2. The Hall–Kier alpha value is -1.40. The van der Waals surface area contributed by atoms with E-state index in [1.165, 1.54) is 0 Å². The maximum atomic E-state index is 10.7. The smallest absolute Gasteiger partial charge is 0.336 e. The van der Waals surface area contributed by atoms with Gasteiger partial charge in [0, 0.05) is 0 Å².